The second kappa shape index (κ2) is 7.90. The van der Waals surface area contributed by atoms with Crippen LogP contribution in [0.25, 0.3) is 0 Å². The van der Waals surface area contributed by atoms with E-state index in [2.05, 4.69) is 17.2 Å². The van der Waals surface area contributed by atoms with Crippen LogP contribution in [0.4, 0.5) is 5.82 Å². The fourth-order valence-electron chi connectivity index (χ4n) is 1.68. The van der Waals surface area contributed by atoms with E-state index in [0.717, 1.165) is 31.7 Å². The van der Waals surface area contributed by atoms with Crippen LogP contribution >= 0.6 is 0 Å². The summed E-state index contributed by atoms with van der Waals surface area (Å²) in [4.78, 5) is 4.36. The van der Waals surface area contributed by atoms with Crippen molar-refractivity contribution in [1.82, 2.24) is 4.98 Å². The maximum atomic E-state index is 5.57. The zero-order chi connectivity index (χ0) is 12.5. The quantitative estimate of drug-likeness (QED) is 0.728. The van der Waals surface area contributed by atoms with Gasteiger partial charge in [0.25, 0.3) is 0 Å². The van der Waals surface area contributed by atoms with E-state index in [1.807, 2.05) is 25.1 Å². The van der Waals surface area contributed by atoms with Gasteiger partial charge >= 0.3 is 0 Å². The Hall–Kier alpha value is -1.29. The molecule has 96 valence electrons. The molecule has 0 radical (unpaired) electrons. The lowest BCUT2D eigenvalue weighted by atomic mass is 10.0. The monoisotopic (exact) mass is 237 g/mol. The van der Waals surface area contributed by atoms with E-state index in [9.17, 15) is 0 Å². The highest BCUT2D eigenvalue weighted by Crippen LogP contribution is 2.13. The second-order valence-electron chi connectivity index (χ2n) is 4.03. The summed E-state index contributed by atoms with van der Waals surface area (Å²) in [5, 5.41) is 3.33. The Morgan fingerprint density at radius 2 is 2.24 bits per heavy atom. The summed E-state index contributed by atoms with van der Waals surface area (Å²) >= 11 is 0. The lowest BCUT2D eigenvalue weighted by Gasteiger charge is -2.15. The Morgan fingerprint density at radius 3 is 2.88 bits per heavy atom. The molecule has 4 heteroatoms. The predicted octanol–water partition coefficient (Wildman–Crippen LogP) is 2.27. The van der Waals surface area contributed by atoms with Crippen molar-refractivity contribution in [2.45, 2.75) is 26.7 Å². The summed E-state index contributed by atoms with van der Waals surface area (Å²) in [5.74, 6) is 2.15. The van der Waals surface area contributed by atoms with E-state index in [4.69, 9.17) is 10.5 Å². The number of nitrogens with zero attached hydrogens (tertiary/aromatic N) is 1. The van der Waals surface area contributed by atoms with Crippen molar-refractivity contribution >= 4 is 5.82 Å². The molecule has 0 aliphatic heterocycles. The smallest absolute Gasteiger partial charge is 0.215 e. The highest BCUT2D eigenvalue weighted by Gasteiger charge is 2.05. The number of pyridine rings is 1. The zero-order valence-corrected chi connectivity index (χ0v) is 10.8. The van der Waals surface area contributed by atoms with Gasteiger partial charge in [0.2, 0.25) is 5.88 Å². The molecule has 0 bridgehead atoms. The molecule has 0 fully saturated rings. The molecule has 0 amide bonds. The molecule has 1 aromatic heterocycles. The van der Waals surface area contributed by atoms with Crippen LogP contribution in [0.3, 0.4) is 0 Å². The van der Waals surface area contributed by atoms with Gasteiger partial charge in [-0.2, -0.15) is 4.98 Å². The molecular formula is C13H23N3O. The van der Waals surface area contributed by atoms with Crippen LogP contribution in [0.5, 0.6) is 5.88 Å². The van der Waals surface area contributed by atoms with Crippen molar-refractivity contribution < 1.29 is 4.74 Å². The summed E-state index contributed by atoms with van der Waals surface area (Å²) < 4.78 is 5.36. The minimum atomic E-state index is 0.609. The Labute approximate surface area is 104 Å². The summed E-state index contributed by atoms with van der Waals surface area (Å²) in [6.07, 6.45) is 2.18. The number of hydrogen-bond acceptors (Lipinski definition) is 4. The number of rotatable bonds is 8. The standard InChI is InChI=1S/C13H23N3O/c1-3-11(8-9-14)10-15-12-6-5-7-13(16-12)17-4-2/h5-7,11H,3-4,8-10,14H2,1-2H3,(H,15,16). The van der Waals surface area contributed by atoms with Crippen LogP contribution in [0.1, 0.15) is 26.7 Å². The van der Waals surface area contributed by atoms with Gasteiger partial charge in [-0.05, 0) is 31.9 Å². The number of aromatic nitrogens is 1. The number of hydrogen-bond donors (Lipinski definition) is 2. The lowest BCUT2D eigenvalue weighted by molar-refractivity contribution is 0.327. The Morgan fingerprint density at radius 1 is 1.41 bits per heavy atom. The van der Waals surface area contributed by atoms with E-state index in [1.165, 1.54) is 0 Å². The molecule has 3 N–H and O–H groups in total. The SMILES string of the molecule is CCOc1cccc(NCC(CC)CCN)n1. The zero-order valence-electron chi connectivity index (χ0n) is 10.8. The van der Waals surface area contributed by atoms with Gasteiger partial charge < -0.3 is 15.8 Å². The molecule has 1 unspecified atom stereocenters. The normalized spacial score (nSPS) is 12.2. The van der Waals surface area contributed by atoms with Crippen LogP contribution in [-0.2, 0) is 0 Å². The van der Waals surface area contributed by atoms with E-state index >= 15 is 0 Å². The van der Waals surface area contributed by atoms with Gasteiger partial charge in [-0.1, -0.05) is 19.4 Å². The fraction of sp³-hybridized carbons (Fsp3) is 0.615. The number of nitrogens with two attached hydrogens (primary N) is 1. The molecule has 0 aliphatic rings. The summed E-state index contributed by atoms with van der Waals surface area (Å²) in [6.45, 7) is 6.44. The van der Waals surface area contributed by atoms with Crippen LogP contribution in [0.15, 0.2) is 18.2 Å². The molecule has 0 aromatic carbocycles. The first-order valence-corrected chi connectivity index (χ1v) is 6.33. The molecule has 1 rings (SSSR count). The third-order valence-electron chi connectivity index (χ3n) is 2.74. The van der Waals surface area contributed by atoms with Gasteiger partial charge in [0, 0.05) is 12.6 Å². The number of ether oxygens (including phenoxy) is 1. The van der Waals surface area contributed by atoms with E-state index in [1.54, 1.807) is 0 Å². The predicted molar refractivity (Wildman–Crippen MR) is 71.3 cm³/mol. The van der Waals surface area contributed by atoms with E-state index in [0.29, 0.717) is 18.4 Å². The maximum absolute atomic E-state index is 5.57. The topological polar surface area (TPSA) is 60.2 Å². The highest BCUT2D eigenvalue weighted by molar-refractivity contribution is 5.37. The Kier molecular flexibility index (Phi) is 6.40. The lowest BCUT2D eigenvalue weighted by Crippen LogP contribution is -2.17. The van der Waals surface area contributed by atoms with Crippen LogP contribution in [0, 0.1) is 5.92 Å². The van der Waals surface area contributed by atoms with Crippen molar-refractivity contribution in [3.8, 4) is 5.88 Å². The second-order valence-corrected chi connectivity index (χ2v) is 4.03. The molecule has 0 aliphatic carbocycles. The molecule has 0 spiro atoms. The highest BCUT2D eigenvalue weighted by atomic mass is 16.5. The summed E-state index contributed by atoms with van der Waals surface area (Å²) in [7, 11) is 0. The first-order chi connectivity index (χ1) is 8.30. The third kappa shape index (κ3) is 5.04. The van der Waals surface area contributed by atoms with Crippen molar-refractivity contribution in [3.63, 3.8) is 0 Å². The molecular weight excluding hydrogens is 214 g/mol. The van der Waals surface area contributed by atoms with Gasteiger partial charge in [0.1, 0.15) is 5.82 Å². The van der Waals surface area contributed by atoms with E-state index in [-0.39, 0.29) is 0 Å². The van der Waals surface area contributed by atoms with Gasteiger partial charge in [-0.3, -0.25) is 0 Å². The van der Waals surface area contributed by atoms with Gasteiger partial charge in [0.05, 0.1) is 6.61 Å². The minimum absolute atomic E-state index is 0.609. The average Bonchev–Trinajstić information content (AvgIpc) is 2.35. The minimum Gasteiger partial charge on any atom is -0.478 e. The van der Waals surface area contributed by atoms with Crippen LogP contribution in [0.2, 0.25) is 0 Å². The maximum Gasteiger partial charge on any atom is 0.215 e. The Balaban J connectivity index is 2.47. The van der Waals surface area contributed by atoms with Crippen LogP contribution in [-0.4, -0.2) is 24.7 Å². The van der Waals surface area contributed by atoms with Crippen molar-refractivity contribution in [2.24, 2.45) is 11.7 Å². The molecule has 4 nitrogen and oxygen atoms in total. The van der Waals surface area contributed by atoms with Crippen molar-refractivity contribution in [2.75, 3.05) is 25.0 Å². The summed E-state index contributed by atoms with van der Waals surface area (Å²) in [5.41, 5.74) is 5.57. The van der Waals surface area contributed by atoms with Gasteiger partial charge in [-0.25, -0.2) is 0 Å². The Bertz CT molecular complexity index is 317. The van der Waals surface area contributed by atoms with Gasteiger partial charge in [-0.15, -0.1) is 0 Å². The van der Waals surface area contributed by atoms with Crippen molar-refractivity contribution in [3.05, 3.63) is 18.2 Å². The molecule has 0 saturated heterocycles. The fourth-order valence-corrected chi connectivity index (χ4v) is 1.68. The first-order valence-electron chi connectivity index (χ1n) is 6.33. The van der Waals surface area contributed by atoms with Crippen LogP contribution < -0.4 is 15.8 Å². The van der Waals surface area contributed by atoms with Crippen molar-refractivity contribution in [1.29, 1.82) is 0 Å². The number of nitrogens with one attached hydrogen (secondary N) is 1. The average molecular weight is 237 g/mol. The van der Waals surface area contributed by atoms with Gasteiger partial charge in [0.15, 0.2) is 0 Å². The largest absolute Gasteiger partial charge is 0.478 e. The molecule has 1 atom stereocenters. The number of anilines is 1. The molecule has 1 heterocycles. The third-order valence-corrected chi connectivity index (χ3v) is 2.74. The first kappa shape index (κ1) is 13.8. The van der Waals surface area contributed by atoms with E-state index < -0.39 is 0 Å². The molecule has 17 heavy (non-hydrogen) atoms. The molecule has 1 aromatic rings. The summed E-state index contributed by atoms with van der Waals surface area (Å²) in [6, 6.07) is 5.77. The molecule has 0 saturated carbocycles.